The molecular formula is C12H19NO2. The van der Waals surface area contributed by atoms with Gasteiger partial charge in [0, 0.05) is 6.54 Å². The van der Waals surface area contributed by atoms with Crippen LogP contribution in [-0.2, 0) is 4.74 Å². The summed E-state index contributed by atoms with van der Waals surface area (Å²) in [7, 11) is 0. The molecule has 1 aromatic heterocycles. The molecule has 0 aromatic carbocycles. The normalized spacial score (nSPS) is 23.9. The van der Waals surface area contributed by atoms with Gasteiger partial charge in [0.2, 0.25) is 0 Å². The van der Waals surface area contributed by atoms with E-state index in [4.69, 9.17) is 9.15 Å². The number of ether oxygens (including phenoxy) is 1. The number of rotatable bonds is 4. The quantitative estimate of drug-likeness (QED) is 0.826. The van der Waals surface area contributed by atoms with E-state index < -0.39 is 0 Å². The van der Waals surface area contributed by atoms with Gasteiger partial charge < -0.3 is 14.5 Å². The van der Waals surface area contributed by atoms with Crippen LogP contribution in [0.3, 0.4) is 0 Å². The Hall–Kier alpha value is -0.800. The molecule has 3 nitrogen and oxygen atoms in total. The first-order chi connectivity index (χ1) is 7.36. The maximum atomic E-state index is 5.79. The molecule has 15 heavy (non-hydrogen) atoms. The maximum Gasteiger partial charge on any atom is 0.132 e. The molecule has 0 saturated carbocycles. The zero-order chi connectivity index (χ0) is 10.5. The van der Waals surface area contributed by atoms with Crippen molar-refractivity contribution in [2.24, 2.45) is 5.92 Å². The van der Waals surface area contributed by atoms with Crippen LogP contribution < -0.4 is 5.32 Å². The topological polar surface area (TPSA) is 34.4 Å². The van der Waals surface area contributed by atoms with E-state index in [-0.39, 0.29) is 6.10 Å². The van der Waals surface area contributed by atoms with Crippen LogP contribution in [0.1, 0.15) is 31.6 Å². The summed E-state index contributed by atoms with van der Waals surface area (Å²) in [5, 5.41) is 3.39. The van der Waals surface area contributed by atoms with E-state index >= 15 is 0 Å². The average molecular weight is 209 g/mol. The zero-order valence-corrected chi connectivity index (χ0v) is 9.24. The molecule has 2 heterocycles. The van der Waals surface area contributed by atoms with E-state index in [1.807, 2.05) is 19.1 Å². The molecule has 1 aliphatic rings. The van der Waals surface area contributed by atoms with Crippen LogP contribution in [-0.4, -0.2) is 19.7 Å². The summed E-state index contributed by atoms with van der Waals surface area (Å²) in [6.07, 6.45) is 4.31. The number of nitrogens with one attached hydrogen (secondary N) is 1. The highest BCUT2D eigenvalue weighted by molar-refractivity contribution is 5.00. The average Bonchev–Trinajstić information content (AvgIpc) is 2.81. The molecule has 1 saturated heterocycles. The van der Waals surface area contributed by atoms with Gasteiger partial charge in [-0.25, -0.2) is 0 Å². The van der Waals surface area contributed by atoms with Crippen LogP contribution in [0.2, 0.25) is 0 Å². The van der Waals surface area contributed by atoms with E-state index in [9.17, 15) is 0 Å². The highest BCUT2D eigenvalue weighted by Crippen LogP contribution is 2.19. The summed E-state index contributed by atoms with van der Waals surface area (Å²) in [5.41, 5.74) is 0. The van der Waals surface area contributed by atoms with Crippen molar-refractivity contribution < 1.29 is 9.15 Å². The highest BCUT2D eigenvalue weighted by Gasteiger charge is 2.15. The second kappa shape index (κ2) is 5.33. The fourth-order valence-electron chi connectivity index (χ4n) is 1.95. The molecule has 2 rings (SSSR count). The molecule has 2 unspecified atom stereocenters. The Morgan fingerprint density at radius 1 is 1.67 bits per heavy atom. The fraction of sp³-hybridized carbons (Fsp3) is 0.667. The third kappa shape index (κ3) is 3.08. The lowest BCUT2D eigenvalue weighted by molar-refractivity contribution is 0.0217. The van der Waals surface area contributed by atoms with Crippen molar-refractivity contribution in [2.75, 3.05) is 19.7 Å². The van der Waals surface area contributed by atoms with Crippen LogP contribution in [0.5, 0.6) is 0 Å². The maximum absolute atomic E-state index is 5.79. The van der Waals surface area contributed by atoms with Gasteiger partial charge in [0.25, 0.3) is 0 Å². The number of piperidine rings is 1. The van der Waals surface area contributed by atoms with Crippen molar-refractivity contribution in [3.05, 3.63) is 24.2 Å². The minimum atomic E-state index is 0.0712. The second-order valence-corrected chi connectivity index (χ2v) is 4.20. The zero-order valence-electron chi connectivity index (χ0n) is 9.24. The number of hydrogen-bond donors (Lipinski definition) is 1. The summed E-state index contributed by atoms with van der Waals surface area (Å²) in [5.74, 6) is 1.58. The molecule has 3 heteroatoms. The van der Waals surface area contributed by atoms with Crippen LogP contribution in [0.15, 0.2) is 22.8 Å². The van der Waals surface area contributed by atoms with E-state index in [0.717, 1.165) is 25.5 Å². The fourth-order valence-corrected chi connectivity index (χ4v) is 1.95. The highest BCUT2D eigenvalue weighted by atomic mass is 16.5. The van der Waals surface area contributed by atoms with E-state index in [1.54, 1.807) is 6.26 Å². The summed E-state index contributed by atoms with van der Waals surface area (Å²) >= 11 is 0. The Balaban J connectivity index is 1.73. The van der Waals surface area contributed by atoms with Gasteiger partial charge in [0.15, 0.2) is 0 Å². The number of furan rings is 1. The minimum Gasteiger partial charge on any atom is -0.467 e. The van der Waals surface area contributed by atoms with Gasteiger partial charge in [-0.05, 0) is 44.4 Å². The first-order valence-corrected chi connectivity index (χ1v) is 5.72. The van der Waals surface area contributed by atoms with Crippen molar-refractivity contribution in [1.29, 1.82) is 0 Å². The molecule has 2 atom stereocenters. The van der Waals surface area contributed by atoms with Crippen LogP contribution in [0.25, 0.3) is 0 Å². The summed E-state index contributed by atoms with van der Waals surface area (Å²) in [4.78, 5) is 0. The van der Waals surface area contributed by atoms with Crippen LogP contribution in [0, 0.1) is 5.92 Å². The third-order valence-electron chi connectivity index (χ3n) is 2.92. The standard InChI is InChI=1S/C12H19NO2/c1-10(12-5-3-7-14-12)15-9-11-4-2-6-13-8-11/h3,5,7,10-11,13H,2,4,6,8-9H2,1H3. The van der Waals surface area contributed by atoms with Gasteiger partial charge in [0.1, 0.15) is 11.9 Å². The lowest BCUT2D eigenvalue weighted by atomic mass is 10.0. The summed E-state index contributed by atoms with van der Waals surface area (Å²) < 4.78 is 11.1. The Morgan fingerprint density at radius 2 is 2.60 bits per heavy atom. The SMILES string of the molecule is CC(OCC1CCCNC1)c1ccco1. The Kier molecular flexibility index (Phi) is 3.80. The molecule has 1 aromatic rings. The molecule has 84 valence electrons. The first kappa shape index (κ1) is 10.7. The lowest BCUT2D eigenvalue weighted by Crippen LogP contribution is -2.32. The molecule has 0 amide bonds. The lowest BCUT2D eigenvalue weighted by Gasteiger charge is -2.23. The predicted octanol–water partition coefficient (Wildman–Crippen LogP) is 2.36. The van der Waals surface area contributed by atoms with E-state index in [2.05, 4.69) is 5.32 Å². The van der Waals surface area contributed by atoms with Gasteiger partial charge in [0.05, 0.1) is 12.9 Å². The minimum absolute atomic E-state index is 0.0712. The van der Waals surface area contributed by atoms with E-state index in [0.29, 0.717) is 5.92 Å². The largest absolute Gasteiger partial charge is 0.467 e. The summed E-state index contributed by atoms with van der Waals surface area (Å²) in [6, 6.07) is 3.86. The van der Waals surface area contributed by atoms with Gasteiger partial charge in [-0.15, -0.1) is 0 Å². The van der Waals surface area contributed by atoms with Crippen molar-refractivity contribution >= 4 is 0 Å². The second-order valence-electron chi connectivity index (χ2n) is 4.20. The Morgan fingerprint density at radius 3 is 3.27 bits per heavy atom. The molecule has 0 aliphatic carbocycles. The number of hydrogen-bond acceptors (Lipinski definition) is 3. The Labute approximate surface area is 90.8 Å². The van der Waals surface area contributed by atoms with Crippen molar-refractivity contribution in [3.8, 4) is 0 Å². The monoisotopic (exact) mass is 209 g/mol. The van der Waals surface area contributed by atoms with Crippen molar-refractivity contribution in [1.82, 2.24) is 5.32 Å². The third-order valence-corrected chi connectivity index (χ3v) is 2.92. The van der Waals surface area contributed by atoms with Gasteiger partial charge in [-0.2, -0.15) is 0 Å². The van der Waals surface area contributed by atoms with Gasteiger partial charge >= 0.3 is 0 Å². The van der Waals surface area contributed by atoms with E-state index in [1.165, 1.54) is 12.8 Å². The van der Waals surface area contributed by atoms with Crippen LogP contribution in [0.4, 0.5) is 0 Å². The molecule has 1 N–H and O–H groups in total. The van der Waals surface area contributed by atoms with Crippen molar-refractivity contribution in [3.63, 3.8) is 0 Å². The van der Waals surface area contributed by atoms with Crippen LogP contribution >= 0.6 is 0 Å². The molecule has 1 fully saturated rings. The molecular weight excluding hydrogens is 190 g/mol. The first-order valence-electron chi connectivity index (χ1n) is 5.72. The van der Waals surface area contributed by atoms with Crippen molar-refractivity contribution in [2.45, 2.75) is 25.9 Å². The molecule has 0 radical (unpaired) electrons. The molecule has 0 bridgehead atoms. The van der Waals surface area contributed by atoms with Gasteiger partial charge in [-0.1, -0.05) is 0 Å². The predicted molar refractivity (Wildman–Crippen MR) is 58.7 cm³/mol. The Bertz CT molecular complexity index is 265. The van der Waals surface area contributed by atoms with Gasteiger partial charge in [-0.3, -0.25) is 0 Å². The smallest absolute Gasteiger partial charge is 0.132 e. The summed E-state index contributed by atoms with van der Waals surface area (Å²) in [6.45, 7) is 5.11. The molecule has 1 aliphatic heterocycles. The molecule has 0 spiro atoms.